The minimum absolute atomic E-state index is 0.0506. The van der Waals surface area contributed by atoms with Crippen molar-refractivity contribution in [1.29, 1.82) is 0 Å². The number of rotatable bonds is 6. The number of benzene rings is 1. The Balaban J connectivity index is 1.39. The van der Waals surface area contributed by atoms with E-state index in [4.69, 9.17) is 4.74 Å². The molecule has 0 spiro atoms. The topological polar surface area (TPSA) is 58.6 Å². The number of ether oxygens (including phenoxy) is 1. The fourth-order valence-electron chi connectivity index (χ4n) is 4.55. The van der Waals surface area contributed by atoms with E-state index >= 15 is 0 Å². The van der Waals surface area contributed by atoms with E-state index in [1.165, 1.54) is 6.42 Å². The molecule has 154 valence electrons. The number of nitrogens with one attached hydrogen (secondary N) is 1. The van der Waals surface area contributed by atoms with E-state index in [0.717, 1.165) is 62.9 Å². The third-order valence-corrected chi connectivity index (χ3v) is 6.26. The van der Waals surface area contributed by atoms with Gasteiger partial charge in [0.05, 0.1) is 7.11 Å². The van der Waals surface area contributed by atoms with Crippen LogP contribution in [0, 0.1) is 17.8 Å². The number of nitrogens with zero attached hydrogens (tertiary/aromatic N) is 1. The zero-order valence-corrected chi connectivity index (χ0v) is 17.3. The summed E-state index contributed by atoms with van der Waals surface area (Å²) in [6.45, 7) is 4.68. The van der Waals surface area contributed by atoms with Gasteiger partial charge in [-0.25, -0.2) is 0 Å². The molecule has 1 aliphatic carbocycles. The number of amides is 2. The van der Waals surface area contributed by atoms with Gasteiger partial charge in [0.2, 0.25) is 11.8 Å². The van der Waals surface area contributed by atoms with Crippen molar-refractivity contribution in [3.05, 3.63) is 29.8 Å². The lowest BCUT2D eigenvalue weighted by molar-refractivity contribution is -0.140. The molecule has 2 amide bonds. The molecule has 5 heteroatoms. The van der Waals surface area contributed by atoms with Gasteiger partial charge >= 0.3 is 0 Å². The summed E-state index contributed by atoms with van der Waals surface area (Å²) in [4.78, 5) is 27.3. The highest BCUT2D eigenvalue weighted by Crippen LogP contribution is 2.31. The van der Waals surface area contributed by atoms with Gasteiger partial charge in [0, 0.05) is 31.5 Å². The molecule has 1 N–H and O–H groups in total. The second-order valence-electron chi connectivity index (χ2n) is 8.47. The Hall–Kier alpha value is -2.04. The third-order valence-electron chi connectivity index (χ3n) is 6.26. The van der Waals surface area contributed by atoms with E-state index in [2.05, 4.69) is 17.1 Å². The summed E-state index contributed by atoms with van der Waals surface area (Å²) in [6.07, 6.45) is 6.49. The molecule has 1 aliphatic heterocycles. The van der Waals surface area contributed by atoms with Gasteiger partial charge in [-0.15, -0.1) is 0 Å². The molecule has 1 heterocycles. The normalized spacial score (nSPS) is 25.2. The number of likely N-dealkylation sites (tertiary alicyclic amines) is 1. The second kappa shape index (κ2) is 9.94. The third kappa shape index (κ3) is 5.49. The standard InChI is InChI=1S/C23H34N2O3/c1-17-5-4-14-25(16-17)23(27)20-10-8-19(9-11-20)22(26)24-13-12-18-6-3-7-21(15-18)28-2/h3,6-7,15,17,19-20H,4-5,8-14,16H2,1-2H3,(H,24,26). The van der Waals surface area contributed by atoms with Crippen LogP contribution >= 0.6 is 0 Å². The number of hydrogen-bond donors (Lipinski definition) is 1. The monoisotopic (exact) mass is 386 g/mol. The van der Waals surface area contributed by atoms with Gasteiger partial charge in [-0.1, -0.05) is 19.1 Å². The molecular formula is C23H34N2O3. The van der Waals surface area contributed by atoms with E-state index in [0.29, 0.717) is 18.4 Å². The molecule has 3 rings (SSSR count). The molecule has 28 heavy (non-hydrogen) atoms. The van der Waals surface area contributed by atoms with E-state index in [1.54, 1.807) is 7.11 Å². The Morgan fingerprint density at radius 1 is 1.14 bits per heavy atom. The minimum atomic E-state index is 0.0506. The van der Waals surface area contributed by atoms with Crippen LogP contribution in [0.15, 0.2) is 24.3 Å². The lowest BCUT2D eigenvalue weighted by atomic mass is 9.80. The first-order valence-corrected chi connectivity index (χ1v) is 10.8. The maximum Gasteiger partial charge on any atom is 0.225 e. The molecule has 1 aromatic carbocycles. The molecule has 2 aliphatic rings. The minimum Gasteiger partial charge on any atom is -0.497 e. The summed E-state index contributed by atoms with van der Waals surface area (Å²) >= 11 is 0. The van der Waals surface area contributed by atoms with Crippen LogP contribution < -0.4 is 10.1 Å². The highest BCUT2D eigenvalue weighted by Gasteiger charge is 2.33. The average molecular weight is 387 g/mol. The Morgan fingerprint density at radius 2 is 1.89 bits per heavy atom. The van der Waals surface area contributed by atoms with Gasteiger partial charge in [-0.05, 0) is 68.6 Å². The lowest BCUT2D eigenvalue weighted by Gasteiger charge is -2.35. The number of carbonyl (C=O) groups is 2. The van der Waals surface area contributed by atoms with Gasteiger partial charge < -0.3 is 15.0 Å². The molecule has 0 bridgehead atoms. The van der Waals surface area contributed by atoms with E-state index < -0.39 is 0 Å². The summed E-state index contributed by atoms with van der Waals surface area (Å²) in [5.74, 6) is 2.09. The average Bonchev–Trinajstić information content (AvgIpc) is 2.73. The molecule has 0 radical (unpaired) electrons. The summed E-state index contributed by atoms with van der Waals surface area (Å²) in [7, 11) is 1.66. The smallest absolute Gasteiger partial charge is 0.225 e. The van der Waals surface area contributed by atoms with E-state index in [9.17, 15) is 9.59 Å². The first-order valence-electron chi connectivity index (χ1n) is 10.8. The maximum absolute atomic E-state index is 12.8. The lowest BCUT2D eigenvalue weighted by Crippen LogP contribution is -2.44. The number of methoxy groups -OCH3 is 1. The van der Waals surface area contributed by atoms with Crippen molar-refractivity contribution < 1.29 is 14.3 Å². The van der Waals surface area contributed by atoms with Crippen molar-refractivity contribution in [2.75, 3.05) is 26.7 Å². The fraction of sp³-hybridized carbons (Fsp3) is 0.652. The summed E-state index contributed by atoms with van der Waals surface area (Å²) in [5, 5.41) is 3.08. The number of hydrogen-bond acceptors (Lipinski definition) is 3. The Kier molecular flexibility index (Phi) is 7.35. The Bertz CT molecular complexity index is 668. The highest BCUT2D eigenvalue weighted by atomic mass is 16.5. The Labute approximate surface area is 168 Å². The van der Waals surface area contributed by atoms with Gasteiger partial charge in [-0.2, -0.15) is 0 Å². The van der Waals surface area contributed by atoms with Gasteiger partial charge in [0.15, 0.2) is 0 Å². The first kappa shape index (κ1) is 20.7. The molecule has 1 saturated heterocycles. The first-order chi connectivity index (χ1) is 13.6. The molecule has 1 saturated carbocycles. The van der Waals surface area contributed by atoms with Crippen LogP contribution in [0.5, 0.6) is 5.75 Å². The van der Waals surface area contributed by atoms with E-state index in [1.807, 2.05) is 24.3 Å². The van der Waals surface area contributed by atoms with Crippen LogP contribution in [-0.2, 0) is 16.0 Å². The number of carbonyl (C=O) groups excluding carboxylic acids is 2. The van der Waals surface area contributed by atoms with Crippen molar-refractivity contribution in [1.82, 2.24) is 10.2 Å². The summed E-state index contributed by atoms with van der Waals surface area (Å²) in [6, 6.07) is 7.95. The predicted molar refractivity (Wildman–Crippen MR) is 110 cm³/mol. The van der Waals surface area contributed by atoms with Crippen LogP contribution in [0.2, 0.25) is 0 Å². The van der Waals surface area contributed by atoms with Gasteiger partial charge in [0.1, 0.15) is 5.75 Å². The fourth-order valence-corrected chi connectivity index (χ4v) is 4.55. The molecule has 1 unspecified atom stereocenters. The maximum atomic E-state index is 12.8. The number of piperidine rings is 1. The van der Waals surface area contributed by atoms with E-state index in [-0.39, 0.29) is 17.7 Å². The van der Waals surface area contributed by atoms with Crippen LogP contribution in [0.25, 0.3) is 0 Å². The van der Waals surface area contributed by atoms with Crippen molar-refractivity contribution in [3.63, 3.8) is 0 Å². The quantitative estimate of drug-likeness (QED) is 0.815. The largest absolute Gasteiger partial charge is 0.497 e. The van der Waals surface area contributed by atoms with Crippen molar-refractivity contribution >= 4 is 11.8 Å². The molecular weight excluding hydrogens is 352 g/mol. The van der Waals surface area contributed by atoms with Crippen LogP contribution in [0.1, 0.15) is 51.0 Å². The highest BCUT2D eigenvalue weighted by molar-refractivity contribution is 5.81. The molecule has 0 aromatic heterocycles. The summed E-state index contributed by atoms with van der Waals surface area (Å²) < 4.78 is 5.24. The molecule has 1 atom stereocenters. The molecule has 5 nitrogen and oxygen atoms in total. The van der Waals surface area contributed by atoms with Crippen molar-refractivity contribution in [2.24, 2.45) is 17.8 Å². The van der Waals surface area contributed by atoms with Gasteiger partial charge in [0.25, 0.3) is 0 Å². The second-order valence-corrected chi connectivity index (χ2v) is 8.47. The SMILES string of the molecule is COc1cccc(CCNC(=O)C2CCC(C(=O)N3CCCC(C)C3)CC2)c1. The zero-order chi connectivity index (χ0) is 19.9. The van der Waals surface area contributed by atoms with Crippen LogP contribution in [0.4, 0.5) is 0 Å². The molecule has 2 fully saturated rings. The predicted octanol–water partition coefficient (Wildman–Crippen LogP) is 3.42. The summed E-state index contributed by atoms with van der Waals surface area (Å²) in [5.41, 5.74) is 1.16. The Morgan fingerprint density at radius 3 is 2.61 bits per heavy atom. The molecule has 1 aromatic rings. The van der Waals surface area contributed by atoms with Crippen LogP contribution in [0.3, 0.4) is 0 Å². The van der Waals surface area contributed by atoms with Crippen LogP contribution in [-0.4, -0.2) is 43.5 Å². The zero-order valence-electron chi connectivity index (χ0n) is 17.3. The van der Waals surface area contributed by atoms with Crippen molar-refractivity contribution in [3.8, 4) is 5.75 Å². The van der Waals surface area contributed by atoms with Crippen molar-refractivity contribution in [2.45, 2.75) is 51.9 Å². The van der Waals surface area contributed by atoms with Gasteiger partial charge in [-0.3, -0.25) is 9.59 Å².